The highest BCUT2D eigenvalue weighted by Gasteiger charge is 2.07. The third-order valence-corrected chi connectivity index (χ3v) is 3.34. The van der Waals surface area contributed by atoms with Crippen LogP contribution in [0.1, 0.15) is 41.3 Å². The van der Waals surface area contributed by atoms with Crippen molar-refractivity contribution in [2.45, 2.75) is 26.4 Å². The number of hydrogen-bond acceptors (Lipinski definition) is 2. The van der Waals surface area contributed by atoms with E-state index in [1.165, 1.54) is 5.56 Å². The van der Waals surface area contributed by atoms with Gasteiger partial charge >= 0.3 is 0 Å². The standard InChI is InChI=1S/C18H21NO2/c1-13(2)15-7-9-17(10-8-15)19-18(20)16-6-4-5-14(11-16)12-21-3/h4-11,13H,12H2,1-3H3,(H,19,20). The second kappa shape index (κ2) is 7.04. The lowest BCUT2D eigenvalue weighted by Crippen LogP contribution is -2.12. The summed E-state index contributed by atoms with van der Waals surface area (Å²) in [6, 6.07) is 15.4. The van der Waals surface area contributed by atoms with E-state index in [4.69, 9.17) is 4.74 Å². The molecule has 0 heterocycles. The number of carbonyl (C=O) groups is 1. The average Bonchev–Trinajstić information content (AvgIpc) is 2.48. The van der Waals surface area contributed by atoms with Crippen LogP contribution in [0.5, 0.6) is 0 Å². The van der Waals surface area contributed by atoms with Crippen LogP contribution in [0.25, 0.3) is 0 Å². The van der Waals surface area contributed by atoms with Crippen molar-refractivity contribution in [1.29, 1.82) is 0 Å². The number of hydrogen-bond donors (Lipinski definition) is 1. The molecule has 0 atom stereocenters. The maximum Gasteiger partial charge on any atom is 0.255 e. The summed E-state index contributed by atoms with van der Waals surface area (Å²) < 4.78 is 5.08. The highest BCUT2D eigenvalue weighted by molar-refractivity contribution is 6.04. The number of ether oxygens (including phenoxy) is 1. The molecule has 21 heavy (non-hydrogen) atoms. The van der Waals surface area contributed by atoms with Crippen LogP contribution in [0, 0.1) is 0 Å². The van der Waals surface area contributed by atoms with Crippen molar-refractivity contribution in [2.75, 3.05) is 12.4 Å². The Balaban J connectivity index is 2.08. The van der Waals surface area contributed by atoms with Crippen molar-refractivity contribution in [1.82, 2.24) is 0 Å². The molecular formula is C18H21NO2. The molecule has 0 unspecified atom stereocenters. The van der Waals surface area contributed by atoms with Crippen LogP contribution in [0.15, 0.2) is 48.5 Å². The van der Waals surface area contributed by atoms with Crippen molar-refractivity contribution >= 4 is 11.6 Å². The van der Waals surface area contributed by atoms with Gasteiger partial charge in [-0.1, -0.05) is 38.1 Å². The van der Waals surface area contributed by atoms with Gasteiger partial charge < -0.3 is 10.1 Å². The van der Waals surface area contributed by atoms with Gasteiger partial charge in [-0.2, -0.15) is 0 Å². The summed E-state index contributed by atoms with van der Waals surface area (Å²) in [6.07, 6.45) is 0. The van der Waals surface area contributed by atoms with Crippen LogP contribution in [0.3, 0.4) is 0 Å². The van der Waals surface area contributed by atoms with Gasteiger partial charge in [0.2, 0.25) is 0 Å². The van der Waals surface area contributed by atoms with Crippen LogP contribution in [0.4, 0.5) is 5.69 Å². The molecule has 0 spiro atoms. The SMILES string of the molecule is COCc1cccc(C(=O)Nc2ccc(C(C)C)cc2)c1. The zero-order valence-electron chi connectivity index (χ0n) is 12.7. The molecule has 110 valence electrons. The van der Waals surface area contributed by atoms with E-state index in [-0.39, 0.29) is 5.91 Å². The van der Waals surface area contributed by atoms with Gasteiger partial charge in [-0.15, -0.1) is 0 Å². The third kappa shape index (κ3) is 4.17. The molecule has 3 heteroatoms. The molecular weight excluding hydrogens is 262 g/mol. The Kier molecular flexibility index (Phi) is 5.12. The van der Waals surface area contributed by atoms with E-state index < -0.39 is 0 Å². The minimum Gasteiger partial charge on any atom is -0.380 e. The Morgan fingerprint density at radius 2 is 1.86 bits per heavy atom. The molecule has 2 rings (SSSR count). The maximum absolute atomic E-state index is 12.2. The summed E-state index contributed by atoms with van der Waals surface area (Å²) in [5.41, 5.74) is 3.69. The van der Waals surface area contributed by atoms with Gasteiger partial charge in [-0.25, -0.2) is 0 Å². The first-order chi connectivity index (χ1) is 10.1. The van der Waals surface area contributed by atoms with E-state index in [1.54, 1.807) is 13.2 Å². The summed E-state index contributed by atoms with van der Waals surface area (Å²) in [5, 5.41) is 2.91. The normalized spacial score (nSPS) is 10.7. The molecule has 0 aliphatic rings. The average molecular weight is 283 g/mol. The first-order valence-electron chi connectivity index (χ1n) is 7.09. The molecule has 0 saturated carbocycles. The summed E-state index contributed by atoms with van der Waals surface area (Å²) in [5.74, 6) is 0.380. The zero-order chi connectivity index (χ0) is 15.2. The molecule has 1 N–H and O–H groups in total. The fourth-order valence-corrected chi connectivity index (χ4v) is 2.12. The quantitative estimate of drug-likeness (QED) is 0.892. The van der Waals surface area contributed by atoms with Crippen LogP contribution >= 0.6 is 0 Å². The highest BCUT2D eigenvalue weighted by Crippen LogP contribution is 2.18. The molecule has 0 saturated heterocycles. The monoisotopic (exact) mass is 283 g/mol. The predicted molar refractivity (Wildman–Crippen MR) is 85.6 cm³/mol. The fourth-order valence-electron chi connectivity index (χ4n) is 2.12. The van der Waals surface area contributed by atoms with Gasteiger partial charge in [-0.05, 0) is 41.3 Å². The van der Waals surface area contributed by atoms with Crippen LogP contribution in [-0.4, -0.2) is 13.0 Å². The van der Waals surface area contributed by atoms with Gasteiger partial charge in [0, 0.05) is 18.4 Å². The summed E-state index contributed by atoms with van der Waals surface area (Å²) in [4.78, 5) is 12.2. The lowest BCUT2D eigenvalue weighted by atomic mass is 10.0. The van der Waals surface area contributed by atoms with Crippen molar-refractivity contribution < 1.29 is 9.53 Å². The van der Waals surface area contributed by atoms with Gasteiger partial charge in [0.25, 0.3) is 5.91 Å². The number of nitrogens with one attached hydrogen (secondary N) is 1. The Hall–Kier alpha value is -2.13. The molecule has 0 aliphatic carbocycles. The van der Waals surface area contributed by atoms with Gasteiger partial charge in [0.05, 0.1) is 6.61 Å². The molecule has 0 radical (unpaired) electrons. The number of carbonyl (C=O) groups excluding carboxylic acids is 1. The smallest absolute Gasteiger partial charge is 0.255 e. The summed E-state index contributed by atoms with van der Waals surface area (Å²) in [6.45, 7) is 4.80. The minimum atomic E-state index is -0.106. The summed E-state index contributed by atoms with van der Waals surface area (Å²) in [7, 11) is 1.64. The Bertz CT molecular complexity index is 603. The van der Waals surface area contributed by atoms with Gasteiger partial charge in [0.15, 0.2) is 0 Å². The Labute approximate surface area is 126 Å². The lowest BCUT2D eigenvalue weighted by molar-refractivity contribution is 0.102. The van der Waals surface area contributed by atoms with Gasteiger partial charge in [-0.3, -0.25) is 4.79 Å². The van der Waals surface area contributed by atoms with Gasteiger partial charge in [0.1, 0.15) is 0 Å². The number of amides is 1. The van der Waals surface area contributed by atoms with Crippen molar-refractivity contribution in [3.05, 3.63) is 65.2 Å². The largest absolute Gasteiger partial charge is 0.380 e. The number of benzene rings is 2. The highest BCUT2D eigenvalue weighted by atomic mass is 16.5. The van der Waals surface area contributed by atoms with E-state index in [2.05, 4.69) is 19.2 Å². The van der Waals surface area contributed by atoms with Crippen molar-refractivity contribution in [2.24, 2.45) is 0 Å². The lowest BCUT2D eigenvalue weighted by Gasteiger charge is -2.09. The molecule has 0 fully saturated rings. The molecule has 0 aliphatic heterocycles. The van der Waals surface area contributed by atoms with E-state index in [0.717, 1.165) is 11.3 Å². The second-order valence-corrected chi connectivity index (χ2v) is 5.36. The maximum atomic E-state index is 12.2. The molecule has 2 aromatic rings. The molecule has 2 aromatic carbocycles. The third-order valence-electron chi connectivity index (χ3n) is 3.34. The molecule has 3 nitrogen and oxygen atoms in total. The van der Waals surface area contributed by atoms with Crippen LogP contribution < -0.4 is 5.32 Å². The van der Waals surface area contributed by atoms with E-state index in [9.17, 15) is 4.79 Å². The molecule has 0 bridgehead atoms. The zero-order valence-corrected chi connectivity index (χ0v) is 12.7. The second-order valence-electron chi connectivity index (χ2n) is 5.36. The van der Waals surface area contributed by atoms with Crippen LogP contribution in [-0.2, 0) is 11.3 Å². The number of methoxy groups -OCH3 is 1. The topological polar surface area (TPSA) is 38.3 Å². The first-order valence-corrected chi connectivity index (χ1v) is 7.09. The Morgan fingerprint density at radius 3 is 2.48 bits per heavy atom. The number of anilines is 1. The van der Waals surface area contributed by atoms with E-state index >= 15 is 0 Å². The van der Waals surface area contributed by atoms with Crippen LogP contribution in [0.2, 0.25) is 0 Å². The Morgan fingerprint density at radius 1 is 1.14 bits per heavy atom. The predicted octanol–water partition coefficient (Wildman–Crippen LogP) is 4.21. The van der Waals surface area contributed by atoms with E-state index in [1.807, 2.05) is 42.5 Å². The molecule has 1 amide bonds. The molecule has 0 aromatic heterocycles. The summed E-state index contributed by atoms with van der Waals surface area (Å²) >= 11 is 0. The first kappa shape index (κ1) is 15.3. The number of rotatable bonds is 5. The van der Waals surface area contributed by atoms with Crippen molar-refractivity contribution in [3.63, 3.8) is 0 Å². The fraction of sp³-hybridized carbons (Fsp3) is 0.278. The van der Waals surface area contributed by atoms with Crippen molar-refractivity contribution in [3.8, 4) is 0 Å². The van der Waals surface area contributed by atoms with E-state index in [0.29, 0.717) is 18.1 Å². The minimum absolute atomic E-state index is 0.106.